The van der Waals surface area contributed by atoms with Gasteiger partial charge in [-0.1, -0.05) is 45.4 Å². The Morgan fingerprint density at radius 1 is 0.833 bits per heavy atom. The van der Waals surface area contributed by atoms with Crippen LogP contribution in [0.25, 0.3) is 0 Å². The summed E-state index contributed by atoms with van der Waals surface area (Å²) in [5, 5.41) is 13.1. The zero-order valence-corrected chi connectivity index (χ0v) is 17.7. The lowest BCUT2D eigenvalue weighted by Crippen LogP contribution is -3.23. The number of hydrogen-bond donors (Lipinski definition) is 1. The molecule has 0 spiro atoms. The molecule has 0 saturated carbocycles. The first-order valence-corrected chi connectivity index (χ1v) is 10.4. The van der Waals surface area contributed by atoms with E-state index in [9.17, 15) is 5.21 Å². The van der Waals surface area contributed by atoms with Crippen LogP contribution in [0.1, 0.15) is 98.8 Å². The quantitative estimate of drug-likeness (QED) is 0.358. The molecule has 1 rings (SSSR count). The van der Waals surface area contributed by atoms with Gasteiger partial charge in [0.25, 0.3) is 0 Å². The third-order valence-corrected chi connectivity index (χ3v) is 6.30. The summed E-state index contributed by atoms with van der Waals surface area (Å²) in [6, 6.07) is 0.609. The number of nitrogens with one attached hydrogen (secondary N) is 1. The Kier molecular flexibility index (Phi) is 8.22. The molecule has 24 heavy (non-hydrogen) atoms. The Bertz CT molecular complexity index is 345. The first-order chi connectivity index (χ1) is 11.0. The average molecular weight is 342 g/mol. The molecular weight excluding hydrogens is 296 g/mol. The third kappa shape index (κ3) is 6.31. The van der Waals surface area contributed by atoms with Crippen LogP contribution in [0, 0.1) is 5.21 Å². The van der Waals surface area contributed by atoms with Gasteiger partial charge in [0.2, 0.25) is 0 Å². The summed E-state index contributed by atoms with van der Waals surface area (Å²) < 4.78 is 1.08. The molecule has 0 aromatic carbocycles. The molecule has 0 aromatic rings. The van der Waals surface area contributed by atoms with Crippen molar-refractivity contribution >= 4 is 0 Å². The molecule has 0 bridgehead atoms. The summed E-state index contributed by atoms with van der Waals surface area (Å²) in [6.45, 7) is 12.1. The Morgan fingerprint density at radius 2 is 1.25 bits per heavy atom. The van der Waals surface area contributed by atoms with Gasteiger partial charge in [-0.3, -0.25) is 0 Å². The van der Waals surface area contributed by atoms with Crippen molar-refractivity contribution in [3.05, 3.63) is 5.21 Å². The zero-order valence-electron chi connectivity index (χ0n) is 17.7. The minimum absolute atomic E-state index is 0.165. The van der Waals surface area contributed by atoms with E-state index < -0.39 is 0 Å². The lowest BCUT2D eigenvalue weighted by atomic mass is 9.77. The predicted molar refractivity (Wildman–Crippen MR) is 105 cm³/mol. The van der Waals surface area contributed by atoms with E-state index in [1.54, 1.807) is 0 Å². The second kappa shape index (κ2) is 9.00. The zero-order chi connectivity index (χ0) is 18.4. The van der Waals surface area contributed by atoms with E-state index in [1.165, 1.54) is 57.9 Å². The van der Waals surface area contributed by atoms with Gasteiger partial charge < -0.3 is 14.8 Å². The highest BCUT2D eigenvalue weighted by Crippen LogP contribution is 2.30. The Labute approximate surface area is 152 Å². The monoisotopic (exact) mass is 341 g/mol. The summed E-state index contributed by atoms with van der Waals surface area (Å²) in [5.41, 5.74) is -0.331. The second-order valence-corrected chi connectivity index (χ2v) is 10.1. The van der Waals surface area contributed by atoms with Crippen LogP contribution in [0.3, 0.4) is 0 Å². The lowest BCUT2D eigenvalue weighted by Gasteiger charge is -2.57. The number of piperidine rings is 1. The maximum atomic E-state index is 12.6. The van der Waals surface area contributed by atoms with Gasteiger partial charge in [0.05, 0.1) is 44.6 Å². The maximum Gasteiger partial charge on any atom is 0.101 e. The minimum atomic E-state index is -0.165. The molecule has 1 saturated heterocycles. The number of hydrogen-bond acceptors (Lipinski definition) is 1. The molecule has 3 nitrogen and oxygen atoms in total. The second-order valence-electron chi connectivity index (χ2n) is 10.1. The molecule has 3 heteroatoms. The predicted octanol–water partition coefficient (Wildman–Crippen LogP) is 4.31. The molecule has 1 fully saturated rings. The van der Waals surface area contributed by atoms with Gasteiger partial charge >= 0.3 is 0 Å². The minimum Gasteiger partial charge on any atom is -0.634 e. The van der Waals surface area contributed by atoms with E-state index in [0.717, 1.165) is 17.3 Å². The van der Waals surface area contributed by atoms with Crippen molar-refractivity contribution in [3.8, 4) is 0 Å². The fourth-order valence-electron chi connectivity index (χ4n) is 4.68. The van der Waals surface area contributed by atoms with Crippen molar-refractivity contribution in [2.24, 2.45) is 0 Å². The Hall–Kier alpha value is -0.120. The first-order valence-electron chi connectivity index (χ1n) is 10.4. The molecule has 0 amide bonds. The van der Waals surface area contributed by atoms with Crippen molar-refractivity contribution < 1.29 is 9.55 Å². The average Bonchev–Trinajstić information content (AvgIpc) is 2.46. The van der Waals surface area contributed by atoms with E-state index in [0.29, 0.717) is 11.1 Å². The Balaban J connectivity index is 2.39. The van der Waals surface area contributed by atoms with Crippen molar-refractivity contribution in [2.45, 2.75) is 116 Å². The molecule has 1 aliphatic rings. The van der Waals surface area contributed by atoms with Gasteiger partial charge in [0, 0.05) is 0 Å². The van der Waals surface area contributed by atoms with Crippen molar-refractivity contribution in [1.82, 2.24) is 0 Å². The van der Waals surface area contributed by atoms with Gasteiger partial charge in [0.15, 0.2) is 0 Å². The summed E-state index contributed by atoms with van der Waals surface area (Å²) in [7, 11) is 4.77. The van der Waals surface area contributed by atoms with Crippen LogP contribution < -0.4 is 5.06 Å². The van der Waals surface area contributed by atoms with E-state index in [2.05, 4.69) is 48.7 Å². The number of unbranched alkanes of at least 4 members (excludes halogenated alkanes) is 7. The van der Waals surface area contributed by atoms with Crippen molar-refractivity contribution in [3.63, 3.8) is 0 Å². The number of quaternary nitrogens is 2. The van der Waals surface area contributed by atoms with Crippen LogP contribution >= 0.6 is 0 Å². The van der Waals surface area contributed by atoms with E-state index >= 15 is 0 Å². The smallest absolute Gasteiger partial charge is 0.101 e. The first kappa shape index (κ1) is 21.9. The number of hydroxylamine groups is 2. The Morgan fingerprint density at radius 3 is 1.71 bits per heavy atom. The van der Waals surface area contributed by atoms with Gasteiger partial charge in [-0.05, 0) is 40.5 Å². The molecule has 1 aliphatic heterocycles. The lowest BCUT2D eigenvalue weighted by molar-refractivity contribution is -0.985. The topological polar surface area (TPSA) is 27.5 Å². The highest BCUT2D eigenvalue weighted by Gasteiger charge is 2.50. The SMILES string of the molecule is CCCCCCCCCC[N+](C)(C)C1CC(C)(C)[NH+]([O-])C(C)(C)C1. The molecule has 0 radical (unpaired) electrons. The fraction of sp³-hybridized carbons (Fsp3) is 1.00. The van der Waals surface area contributed by atoms with Crippen LogP contribution in [0.5, 0.6) is 0 Å². The van der Waals surface area contributed by atoms with Gasteiger partial charge in [-0.25, -0.2) is 0 Å². The molecular formula is C21H45N2O+. The van der Waals surface area contributed by atoms with Crippen LogP contribution in [0.2, 0.25) is 0 Å². The summed E-state index contributed by atoms with van der Waals surface area (Å²) in [5.74, 6) is 0. The highest BCUT2D eigenvalue weighted by atomic mass is 16.5. The molecule has 1 N–H and O–H groups in total. The standard InChI is InChI=1S/C21H45N2O/c1-8-9-10-11-12-13-14-15-16-23(6,7)19-17-20(2,3)22(24)21(4,5)18-19/h19,22H,8-18H2,1-7H3/q+1. The molecule has 144 valence electrons. The fourth-order valence-corrected chi connectivity index (χ4v) is 4.68. The highest BCUT2D eigenvalue weighted by molar-refractivity contribution is 4.87. The molecule has 0 atom stereocenters. The van der Waals surface area contributed by atoms with E-state index in [1.807, 2.05) is 0 Å². The van der Waals surface area contributed by atoms with E-state index in [-0.39, 0.29) is 11.1 Å². The summed E-state index contributed by atoms with van der Waals surface area (Å²) >= 11 is 0. The number of rotatable bonds is 10. The normalized spacial score (nSPS) is 26.5. The van der Waals surface area contributed by atoms with Crippen molar-refractivity contribution in [1.29, 1.82) is 0 Å². The maximum absolute atomic E-state index is 12.6. The number of nitrogens with zero attached hydrogens (tertiary/aromatic N) is 1. The third-order valence-electron chi connectivity index (χ3n) is 6.30. The molecule has 0 aliphatic carbocycles. The summed E-state index contributed by atoms with van der Waals surface area (Å²) in [4.78, 5) is 0. The van der Waals surface area contributed by atoms with Gasteiger partial charge in [-0.2, -0.15) is 0 Å². The van der Waals surface area contributed by atoms with Gasteiger partial charge in [0.1, 0.15) is 6.04 Å². The summed E-state index contributed by atoms with van der Waals surface area (Å²) in [6.07, 6.45) is 13.1. The van der Waals surface area contributed by atoms with E-state index in [4.69, 9.17) is 0 Å². The van der Waals surface area contributed by atoms with Crippen molar-refractivity contribution in [2.75, 3.05) is 20.6 Å². The van der Waals surface area contributed by atoms with Crippen LogP contribution in [0.4, 0.5) is 0 Å². The molecule has 0 unspecified atom stereocenters. The van der Waals surface area contributed by atoms with Crippen LogP contribution in [0.15, 0.2) is 0 Å². The molecule has 0 aromatic heterocycles. The molecule has 1 heterocycles. The van der Waals surface area contributed by atoms with Crippen LogP contribution in [-0.4, -0.2) is 42.2 Å². The largest absolute Gasteiger partial charge is 0.634 e. The van der Waals surface area contributed by atoms with Gasteiger partial charge in [-0.15, -0.1) is 0 Å². The van der Waals surface area contributed by atoms with Crippen LogP contribution in [-0.2, 0) is 0 Å².